The molecule has 9 N–H and O–H groups in total. The van der Waals surface area contributed by atoms with Crippen molar-refractivity contribution in [3.8, 4) is 23.0 Å². The van der Waals surface area contributed by atoms with Crippen LogP contribution in [0.4, 0.5) is 0 Å². The van der Waals surface area contributed by atoms with Gasteiger partial charge in [-0.25, -0.2) is 29.6 Å². The van der Waals surface area contributed by atoms with E-state index in [0.29, 0.717) is 42.1 Å². The van der Waals surface area contributed by atoms with Crippen molar-refractivity contribution in [2.45, 2.75) is 107 Å². The lowest BCUT2D eigenvalue weighted by atomic mass is 9.97. The number of fused-ring (bicyclic) bond motifs is 4. The number of hydrogen-bond donors (Lipinski definition) is 9. The van der Waals surface area contributed by atoms with Gasteiger partial charge in [0.15, 0.2) is 35.6 Å². The molecule has 0 aliphatic carbocycles. The number of likely N-dealkylation sites (N-methyl/N-ethyl adjacent to an activating group) is 4. The van der Waals surface area contributed by atoms with Crippen LogP contribution in [0.25, 0.3) is 21.8 Å². The number of ether oxygens (including phenoxy) is 5. The molecular formula is C62H76N14O23. The first-order chi connectivity index (χ1) is 46.4. The third-order valence-corrected chi connectivity index (χ3v) is 15.8. The Morgan fingerprint density at radius 1 is 0.586 bits per heavy atom. The van der Waals surface area contributed by atoms with Crippen LogP contribution in [-0.4, -0.2) is 296 Å². The lowest BCUT2D eigenvalue weighted by Crippen LogP contribution is -2.62. The predicted molar refractivity (Wildman–Crippen MR) is 340 cm³/mol. The quantitative estimate of drug-likeness (QED) is 0.0570. The second-order valence-corrected chi connectivity index (χ2v) is 24.2. The van der Waals surface area contributed by atoms with E-state index < -0.39 is 199 Å². The van der Waals surface area contributed by atoms with Gasteiger partial charge in [-0.1, -0.05) is 0 Å². The molecule has 0 bridgehead atoms. The van der Waals surface area contributed by atoms with E-state index in [4.69, 9.17) is 23.7 Å². The number of carbonyl (C=O) groups excluding carboxylic acids is 13. The number of hydrazone groups is 2. The van der Waals surface area contributed by atoms with Crippen molar-refractivity contribution in [2.75, 3.05) is 81.8 Å². The third-order valence-electron chi connectivity index (χ3n) is 15.8. The summed E-state index contributed by atoms with van der Waals surface area (Å²) in [5, 5.41) is 75.0. The second kappa shape index (κ2) is 31.3. The van der Waals surface area contributed by atoms with E-state index >= 15 is 4.79 Å². The van der Waals surface area contributed by atoms with Gasteiger partial charge in [-0.15, -0.1) is 0 Å². The summed E-state index contributed by atoms with van der Waals surface area (Å²) in [7, 11) is 7.03. The van der Waals surface area contributed by atoms with Crippen LogP contribution in [0.3, 0.4) is 0 Å². The van der Waals surface area contributed by atoms with Gasteiger partial charge in [0.05, 0.1) is 68.7 Å². The fraction of sp³-hybridized carbons (Fsp3) is 0.468. The van der Waals surface area contributed by atoms with Crippen LogP contribution in [0.1, 0.15) is 68.4 Å². The van der Waals surface area contributed by atoms with Crippen molar-refractivity contribution in [3.05, 3.63) is 59.9 Å². The van der Waals surface area contributed by atoms with Gasteiger partial charge in [-0.05, 0) is 76.2 Å². The van der Waals surface area contributed by atoms with Crippen molar-refractivity contribution in [3.63, 3.8) is 0 Å². The first-order valence-electron chi connectivity index (χ1n) is 30.3. The van der Waals surface area contributed by atoms with Gasteiger partial charge in [0.25, 0.3) is 23.6 Å². The molecule has 2 aromatic heterocycles. The summed E-state index contributed by atoms with van der Waals surface area (Å²) in [6, 6.07) is -1.18. The molecule has 10 amide bonds. The highest BCUT2D eigenvalue weighted by atomic mass is 16.6. The molecule has 0 spiro atoms. The minimum Gasteiger partial charge on any atom is -0.505 e. The summed E-state index contributed by atoms with van der Waals surface area (Å²) in [5.74, 6) is -16.6. The van der Waals surface area contributed by atoms with Gasteiger partial charge in [-0.3, -0.25) is 52.7 Å². The maximum Gasteiger partial charge on any atom is 0.331 e. The van der Waals surface area contributed by atoms with E-state index in [1.54, 1.807) is 0 Å². The molecule has 99 heavy (non-hydrogen) atoms. The molecule has 0 unspecified atom stereocenters. The molecule has 7 rings (SSSR count). The fourth-order valence-electron chi connectivity index (χ4n) is 10.7. The zero-order chi connectivity index (χ0) is 73.3. The molecule has 3 aliphatic heterocycles. The number of aromatic hydroxyl groups is 2. The average molecular weight is 1390 g/mol. The Balaban J connectivity index is 1.25. The molecule has 0 radical (unpaired) electrons. The Hall–Kier alpha value is -11.2. The molecular weight excluding hydrogens is 1310 g/mol. The zero-order valence-electron chi connectivity index (χ0n) is 55.6. The highest BCUT2D eigenvalue weighted by molar-refractivity contribution is 6.04. The number of esters is 3. The van der Waals surface area contributed by atoms with Crippen molar-refractivity contribution >= 4 is 111 Å². The molecule has 4 aromatic rings. The number of benzene rings is 2. The maximum atomic E-state index is 15.0. The molecule has 532 valence electrons. The van der Waals surface area contributed by atoms with E-state index in [1.807, 2.05) is 0 Å². The highest BCUT2D eigenvalue weighted by Gasteiger charge is 2.48. The minimum absolute atomic E-state index is 0.142. The van der Waals surface area contributed by atoms with Gasteiger partial charge in [0.1, 0.15) is 54.4 Å². The number of carbonyl (C=O) groups is 13. The van der Waals surface area contributed by atoms with E-state index in [1.165, 1.54) is 50.6 Å². The molecule has 1 saturated heterocycles. The van der Waals surface area contributed by atoms with E-state index in [-0.39, 0.29) is 23.9 Å². The van der Waals surface area contributed by atoms with Crippen molar-refractivity contribution < 1.29 is 112 Å². The molecule has 0 saturated carbocycles. The van der Waals surface area contributed by atoms with Crippen LogP contribution >= 0.6 is 0 Å². The fourth-order valence-corrected chi connectivity index (χ4v) is 10.7. The van der Waals surface area contributed by atoms with Crippen molar-refractivity contribution in [1.29, 1.82) is 0 Å². The number of nitrogens with zero attached hydrogens (tertiary/aromatic N) is 10. The number of methoxy groups -OCH3 is 2. The number of aliphatic hydroxyl groups excluding tert-OH is 1. The number of aliphatic hydroxyl groups is 3. The van der Waals surface area contributed by atoms with Gasteiger partial charge < -0.3 is 90.1 Å². The zero-order valence-corrected chi connectivity index (χ0v) is 55.6. The summed E-state index contributed by atoms with van der Waals surface area (Å²) in [6.07, 6.45) is -2.04. The predicted octanol–water partition coefficient (Wildman–Crippen LogP) is -3.98. The Morgan fingerprint density at radius 3 is 1.37 bits per heavy atom. The van der Waals surface area contributed by atoms with E-state index in [9.17, 15) is 83.1 Å². The van der Waals surface area contributed by atoms with Gasteiger partial charge in [0, 0.05) is 71.2 Å². The smallest absolute Gasteiger partial charge is 0.331 e. The SMILES string of the molecule is COc1ccc2nc(C(=O)N[C@H]3COC(=O)[C@@H](C(C)(C)O)N(C)C(=O)CN(C)C(=O)CNC(=O)[C@H]4[C@H](OC(C)=O)CC=NN4C(=O)[C@H](NC(=O)c4nc5ccc(OC)cc5cc4O)COC(=O)[C@@H](C(C)(C)O)N(C)C(=O)CN(C)C(=O)CNC(=O)[C@@H]4[C@H](O)CC=NN4C3=O)c(O)cc2c1. The lowest BCUT2D eigenvalue weighted by molar-refractivity contribution is -0.167. The molecule has 37 nitrogen and oxygen atoms in total. The molecule has 37 heteroatoms. The van der Waals surface area contributed by atoms with Crippen LogP contribution in [0.5, 0.6) is 23.0 Å². The maximum absolute atomic E-state index is 15.0. The van der Waals surface area contributed by atoms with Crippen LogP contribution in [0.2, 0.25) is 0 Å². The number of nitrogens with one attached hydrogen (secondary N) is 4. The summed E-state index contributed by atoms with van der Waals surface area (Å²) in [6.45, 7) is -0.824. The average Bonchev–Trinajstić information content (AvgIpc) is 0.807. The Labute approximate surface area is 563 Å². The van der Waals surface area contributed by atoms with E-state index in [2.05, 4.69) is 41.4 Å². The summed E-state index contributed by atoms with van der Waals surface area (Å²) >= 11 is 0. The Bertz CT molecular complexity index is 3930. The monoisotopic (exact) mass is 1380 g/mol. The normalized spacial score (nSPS) is 23.1. The molecule has 1 fully saturated rings. The Morgan fingerprint density at radius 2 is 0.980 bits per heavy atom. The number of amides is 10. The van der Waals surface area contributed by atoms with E-state index in [0.717, 1.165) is 97.2 Å². The third kappa shape index (κ3) is 17.9. The van der Waals surface area contributed by atoms with Crippen molar-refractivity contribution in [1.82, 2.24) is 60.9 Å². The molecule has 5 heterocycles. The molecule has 3 aliphatic rings. The van der Waals surface area contributed by atoms with Gasteiger partial charge in [0.2, 0.25) is 35.4 Å². The molecule has 2 aromatic carbocycles. The number of aromatic nitrogens is 2. The van der Waals surface area contributed by atoms with Crippen molar-refractivity contribution in [2.24, 2.45) is 10.2 Å². The van der Waals surface area contributed by atoms with Crippen LogP contribution < -0.4 is 30.7 Å². The number of rotatable bonds is 9. The summed E-state index contributed by atoms with van der Waals surface area (Å²) in [5.41, 5.74) is -5.52. The number of pyridine rings is 2. The standard InChI is InChI=1S/C62H76N14O23/c1-30(77)99-42-17-19-66-76-50(42)56(88)64-25-44(82)72(7)27-46(84)74(9)51(61(2,3)93)59(91)97-28-37(69-53(85)47-40(79)22-31-20-33(95-10)12-14-35(31)67-47)57(89)75-49(39(78)16-18-65-75)55(87)63-24-43(81)71(6)26-45(83)73(8)52(62(4,5)94)60(92)98-29-38(58(76)90)70-54(86)48-41(80)23-32-21-34(96-11)13-15-36(32)68-48/h12-15,18-23,37-39,42,49-52,78-80,93-94H,16-17,24-29H2,1-11H3,(H,63,87)(H,64,88)(H,69,85)(H,70,86)/t37-,38+,39+,42+,49-,50+,51-,52-/m0/s1. The summed E-state index contributed by atoms with van der Waals surface area (Å²) in [4.78, 5) is 195. The first-order valence-corrected chi connectivity index (χ1v) is 30.3. The van der Waals surface area contributed by atoms with Crippen LogP contribution in [0, 0.1) is 0 Å². The summed E-state index contributed by atoms with van der Waals surface area (Å²) < 4.78 is 27.0. The topological polar surface area (TPSA) is 487 Å². The van der Waals surface area contributed by atoms with Crippen LogP contribution in [-0.2, 0) is 67.0 Å². The highest BCUT2D eigenvalue weighted by Crippen LogP contribution is 2.29. The lowest BCUT2D eigenvalue weighted by Gasteiger charge is -2.37. The first kappa shape index (κ1) is 75.2. The Kier molecular flexibility index (Phi) is 23.8. The number of cyclic esters (lactones) is 2. The number of hydrogen-bond acceptors (Lipinski definition) is 27. The molecule has 8 atom stereocenters. The van der Waals surface area contributed by atoms with Gasteiger partial charge in [-0.2, -0.15) is 10.2 Å². The van der Waals surface area contributed by atoms with Crippen LogP contribution in [0.15, 0.2) is 58.7 Å². The largest absolute Gasteiger partial charge is 0.505 e. The van der Waals surface area contributed by atoms with Gasteiger partial charge >= 0.3 is 17.9 Å². The second-order valence-electron chi connectivity index (χ2n) is 24.2. The minimum atomic E-state index is -2.23.